The van der Waals surface area contributed by atoms with Gasteiger partial charge in [0.05, 0.1) is 4.90 Å². The number of hydrogen-bond donors (Lipinski definition) is 1. The molecule has 22 heavy (non-hydrogen) atoms. The van der Waals surface area contributed by atoms with Crippen LogP contribution in [0.5, 0.6) is 0 Å². The molecule has 0 saturated carbocycles. The average molecular weight is 382 g/mol. The van der Waals surface area contributed by atoms with Crippen LogP contribution in [0.15, 0.2) is 40.0 Å². The van der Waals surface area contributed by atoms with Crippen molar-refractivity contribution in [3.8, 4) is 0 Å². The summed E-state index contributed by atoms with van der Waals surface area (Å²) < 4.78 is 28.5. The number of nitrogens with one attached hydrogen (secondary N) is 1. The Morgan fingerprint density at radius 2 is 2.14 bits per heavy atom. The van der Waals surface area contributed by atoms with E-state index in [1.165, 1.54) is 0 Å². The largest absolute Gasteiger partial charge is 0.312 e. The van der Waals surface area contributed by atoms with Crippen molar-refractivity contribution in [3.05, 3.63) is 35.1 Å². The van der Waals surface area contributed by atoms with Crippen LogP contribution in [0.3, 0.4) is 0 Å². The van der Waals surface area contributed by atoms with Crippen molar-refractivity contribution in [2.24, 2.45) is 5.92 Å². The maximum absolute atomic E-state index is 13.1. The van der Waals surface area contributed by atoms with Gasteiger partial charge in [-0.05, 0) is 40.9 Å². The van der Waals surface area contributed by atoms with Gasteiger partial charge in [0.15, 0.2) is 0 Å². The maximum Gasteiger partial charge on any atom is 0.243 e. The topological polar surface area (TPSA) is 62.3 Å². The van der Waals surface area contributed by atoms with E-state index in [1.807, 2.05) is 6.07 Å². The maximum atomic E-state index is 13.1. The van der Waals surface area contributed by atoms with Gasteiger partial charge in [0, 0.05) is 46.8 Å². The molecular formula is C15H16BrN3O2S. The molecule has 0 aliphatic carbocycles. The van der Waals surface area contributed by atoms with Crippen LogP contribution >= 0.6 is 15.9 Å². The first-order valence-electron chi connectivity index (χ1n) is 7.33. The molecule has 2 fully saturated rings. The van der Waals surface area contributed by atoms with E-state index < -0.39 is 10.0 Å². The Morgan fingerprint density at radius 3 is 2.95 bits per heavy atom. The first kappa shape index (κ1) is 14.6. The van der Waals surface area contributed by atoms with Gasteiger partial charge in [-0.3, -0.25) is 4.98 Å². The highest BCUT2D eigenvalue weighted by Gasteiger charge is 2.41. The van der Waals surface area contributed by atoms with Crippen LogP contribution < -0.4 is 5.32 Å². The van der Waals surface area contributed by atoms with Crippen molar-refractivity contribution in [1.82, 2.24) is 14.6 Å². The number of nitrogens with zero attached hydrogens (tertiary/aromatic N) is 2. The van der Waals surface area contributed by atoms with Crippen molar-refractivity contribution < 1.29 is 8.42 Å². The van der Waals surface area contributed by atoms with E-state index in [1.54, 1.807) is 28.8 Å². The summed E-state index contributed by atoms with van der Waals surface area (Å²) in [6.45, 7) is 2.17. The number of fused-ring (bicyclic) bond motifs is 2. The lowest BCUT2D eigenvalue weighted by molar-refractivity contribution is 0.449. The van der Waals surface area contributed by atoms with Crippen LogP contribution in [0.25, 0.3) is 10.8 Å². The van der Waals surface area contributed by atoms with Crippen molar-refractivity contribution >= 4 is 36.7 Å². The summed E-state index contributed by atoms with van der Waals surface area (Å²) in [5.74, 6) is 0.440. The van der Waals surface area contributed by atoms with Gasteiger partial charge in [0.2, 0.25) is 10.0 Å². The predicted molar refractivity (Wildman–Crippen MR) is 88.1 cm³/mol. The zero-order valence-electron chi connectivity index (χ0n) is 11.9. The number of pyridine rings is 1. The Bertz CT molecular complexity index is 823. The van der Waals surface area contributed by atoms with E-state index in [2.05, 4.69) is 26.2 Å². The van der Waals surface area contributed by atoms with Gasteiger partial charge in [0.25, 0.3) is 0 Å². The Kier molecular flexibility index (Phi) is 3.48. The molecule has 2 unspecified atom stereocenters. The zero-order valence-corrected chi connectivity index (χ0v) is 14.3. The lowest BCUT2D eigenvalue weighted by Gasteiger charge is -2.19. The fourth-order valence-electron chi connectivity index (χ4n) is 3.52. The summed E-state index contributed by atoms with van der Waals surface area (Å²) in [4.78, 5) is 4.47. The molecule has 0 spiro atoms. The van der Waals surface area contributed by atoms with Crippen molar-refractivity contribution in [1.29, 1.82) is 0 Å². The number of sulfonamides is 1. The van der Waals surface area contributed by atoms with Gasteiger partial charge in [-0.2, -0.15) is 4.31 Å². The minimum absolute atomic E-state index is 0.301. The third-order valence-electron chi connectivity index (χ3n) is 4.65. The van der Waals surface area contributed by atoms with Crippen LogP contribution in [0, 0.1) is 5.92 Å². The number of benzene rings is 1. The molecule has 2 aliphatic heterocycles. The fourth-order valence-corrected chi connectivity index (χ4v) is 5.97. The van der Waals surface area contributed by atoms with Crippen molar-refractivity contribution in [2.45, 2.75) is 17.4 Å². The van der Waals surface area contributed by atoms with Gasteiger partial charge in [-0.15, -0.1) is 0 Å². The summed E-state index contributed by atoms with van der Waals surface area (Å²) in [6, 6.07) is 5.64. The molecule has 0 amide bonds. The molecule has 1 aromatic carbocycles. The molecule has 3 heterocycles. The number of halogens is 1. The summed E-state index contributed by atoms with van der Waals surface area (Å²) in [6.07, 6.45) is 4.39. The monoisotopic (exact) mass is 381 g/mol. The molecule has 2 saturated heterocycles. The SMILES string of the molecule is O=S(=O)(c1cccc2cncc(Br)c12)N1CC2CCNC2C1. The van der Waals surface area contributed by atoms with Gasteiger partial charge in [-0.25, -0.2) is 8.42 Å². The summed E-state index contributed by atoms with van der Waals surface area (Å²) in [7, 11) is -3.49. The molecule has 5 nitrogen and oxygen atoms in total. The summed E-state index contributed by atoms with van der Waals surface area (Å²) >= 11 is 3.44. The Morgan fingerprint density at radius 1 is 1.27 bits per heavy atom. The van der Waals surface area contributed by atoms with E-state index in [0.29, 0.717) is 39.8 Å². The van der Waals surface area contributed by atoms with E-state index >= 15 is 0 Å². The van der Waals surface area contributed by atoms with Crippen molar-refractivity contribution in [2.75, 3.05) is 19.6 Å². The number of aromatic nitrogens is 1. The summed E-state index contributed by atoms with van der Waals surface area (Å²) in [5.41, 5.74) is 0. The predicted octanol–water partition coefficient (Wildman–Crippen LogP) is 1.98. The van der Waals surface area contributed by atoms with E-state index in [4.69, 9.17) is 0 Å². The molecular weight excluding hydrogens is 366 g/mol. The molecule has 2 aliphatic rings. The molecule has 0 radical (unpaired) electrons. The molecule has 7 heteroatoms. The molecule has 0 bridgehead atoms. The van der Waals surface area contributed by atoms with Crippen molar-refractivity contribution in [3.63, 3.8) is 0 Å². The van der Waals surface area contributed by atoms with Gasteiger partial charge < -0.3 is 5.32 Å². The average Bonchev–Trinajstić information content (AvgIpc) is 3.08. The summed E-state index contributed by atoms with van der Waals surface area (Å²) in [5, 5.41) is 4.93. The third kappa shape index (κ3) is 2.19. The molecule has 4 rings (SSSR count). The normalized spacial score (nSPS) is 25.7. The van der Waals surface area contributed by atoms with E-state index in [-0.39, 0.29) is 0 Å². The first-order valence-corrected chi connectivity index (χ1v) is 9.56. The van der Waals surface area contributed by atoms with Crippen LogP contribution in [-0.4, -0.2) is 43.4 Å². The van der Waals surface area contributed by atoms with Crippen LogP contribution in [0.2, 0.25) is 0 Å². The second-order valence-electron chi connectivity index (χ2n) is 5.91. The smallest absolute Gasteiger partial charge is 0.243 e. The highest BCUT2D eigenvalue weighted by Crippen LogP contribution is 2.34. The van der Waals surface area contributed by atoms with E-state index in [9.17, 15) is 8.42 Å². The molecule has 1 aromatic heterocycles. The highest BCUT2D eigenvalue weighted by atomic mass is 79.9. The molecule has 2 atom stereocenters. The Labute approximate surface area is 137 Å². The van der Waals surface area contributed by atoms with Gasteiger partial charge >= 0.3 is 0 Å². The third-order valence-corrected chi connectivity index (χ3v) is 7.12. The minimum Gasteiger partial charge on any atom is -0.312 e. The van der Waals surface area contributed by atoms with Gasteiger partial charge in [-0.1, -0.05) is 12.1 Å². The molecule has 1 N–H and O–H groups in total. The van der Waals surface area contributed by atoms with Crippen LogP contribution in [-0.2, 0) is 10.0 Å². The van der Waals surface area contributed by atoms with Crippen LogP contribution in [0.1, 0.15) is 6.42 Å². The van der Waals surface area contributed by atoms with Crippen LogP contribution in [0.4, 0.5) is 0 Å². The second kappa shape index (κ2) is 5.26. The second-order valence-corrected chi connectivity index (χ2v) is 8.67. The fraction of sp³-hybridized carbons (Fsp3) is 0.400. The Hall–Kier alpha value is -1.02. The standard InChI is InChI=1S/C15H16BrN3O2S/c16-12-7-17-6-10-2-1-3-14(15(10)12)22(20,21)19-8-11-4-5-18-13(11)9-19/h1-3,6-7,11,13,18H,4-5,8-9H2. The zero-order chi connectivity index (χ0) is 15.3. The molecule has 2 aromatic rings. The quantitative estimate of drug-likeness (QED) is 0.863. The number of rotatable bonds is 2. The lowest BCUT2D eigenvalue weighted by Crippen LogP contribution is -2.34. The number of hydrogen-bond acceptors (Lipinski definition) is 4. The van der Waals surface area contributed by atoms with Gasteiger partial charge in [0.1, 0.15) is 0 Å². The Balaban J connectivity index is 1.81. The highest BCUT2D eigenvalue weighted by molar-refractivity contribution is 9.10. The molecule has 116 valence electrons. The lowest BCUT2D eigenvalue weighted by atomic mass is 10.1. The minimum atomic E-state index is -3.49. The van der Waals surface area contributed by atoms with E-state index in [0.717, 1.165) is 18.4 Å². The first-order chi connectivity index (χ1) is 10.6.